The molecular weight excluding hydrogens is 710 g/mol. The van der Waals surface area contributed by atoms with Gasteiger partial charge in [0.1, 0.15) is 18.3 Å². The van der Waals surface area contributed by atoms with Gasteiger partial charge in [0.05, 0.1) is 17.2 Å². The fourth-order valence-electron chi connectivity index (χ4n) is 5.06. The average molecular weight is 753 g/mol. The fourth-order valence-corrected chi connectivity index (χ4v) is 7.15. The van der Waals surface area contributed by atoms with Crippen LogP contribution in [0.5, 0.6) is 5.75 Å². The van der Waals surface area contributed by atoms with Crippen LogP contribution in [0.25, 0.3) is 0 Å². The summed E-state index contributed by atoms with van der Waals surface area (Å²) in [5.41, 5.74) is 1.97. The number of nitrogens with one attached hydrogen (secondary N) is 1. The topological polar surface area (TPSA) is 96.0 Å². The molecule has 4 aromatic rings. The van der Waals surface area contributed by atoms with Crippen LogP contribution >= 0.6 is 27.7 Å². The number of rotatable bonds is 16. The van der Waals surface area contributed by atoms with E-state index in [0.29, 0.717) is 24.5 Å². The van der Waals surface area contributed by atoms with Gasteiger partial charge < -0.3 is 15.0 Å². The zero-order valence-corrected chi connectivity index (χ0v) is 30.9. The summed E-state index contributed by atoms with van der Waals surface area (Å²) in [5, 5.41) is 3.06. The predicted octanol–water partition coefficient (Wildman–Crippen LogP) is 7.32. The molecule has 11 heteroatoms. The molecule has 4 aromatic carbocycles. The molecule has 48 heavy (non-hydrogen) atoms. The zero-order valence-electron chi connectivity index (χ0n) is 27.6. The van der Waals surface area contributed by atoms with E-state index in [1.807, 2.05) is 81.6 Å². The highest BCUT2D eigenvalue weighted by atomic mass is 79.9. The lowest BCUT2D eigenvalue weighted by Gasteiger charge is -2.34. The summed E-state index contributed by atoms with van der Waals surface area (Å²) < 4.78 is 36.2. The number of hydrogen-bond acceptors (Lipinski definition) is 6. The number of benzene rings is 4. The van der Waals surface area contributed by atoms with Crippen LogP contribution in [0.3, 0.4) is 0 Å². The Labute approximate surface area is 297 Å². The molecule has 0 aromatic heterocycles. The van der Waals surface area contributed by atoms with Crippen LogP contribution in [0.15, 0.2) is 117 Å². The predicted molar refractivity (Wildman–Crippen MR) is 197 cm³/mol. The number of anilines is 1. The van der Waals surface area contributed by atoms with Gasteiger partial charge in [-0.05, 0) is 98.3 Å². The Kier molecular flexibility index (Phi) is 13.5. The van der Waals surface area contributed by atoms with Gasteiger partial charge in [0.25, 0.3) is 10.0 Å². The van der Waals surface area contributed by atoms with Gasteiger partial charge in [-0.25, -0.2) is 8.42 Å². The van der Waals surface area contributed by atoms with E-state index in [-0.39, 0.29) is 29.8 Å². The summed E-state index contributed by atoms with van der Waals surface area (Å²) in [5.74, 6) is -0.242. The highest BCUT2D eigenvalue weighted by molar-refractivity contribution is 9.10. The van der Waals surface area contributed by atoms with E-state index >= 15 is 0 Å². The van der Waals surface area contributed by atoms with Gasteiger partial charge in [0.2, 0.25) is 11.8 Å². The summed E-state index contributed by atoms with van der Waals surface area (Å²) in [6.45, 7) is 5.78. The van der Waals surface area contributed by atoms with E-state index in [2.05, 4.69) is 21.2 Å². The Morgan fingerprint density at radius 3 is 2.10 bits per heavy atom. The first-order chi connectivity index (χ1) is 23.0. The smallest absolute Gasteiger partial charge is 0.264 e. The number of ether oxygens (including phenoxy) is 1. The van der Waals surface area contributed by atoms with E-state index in [1.165, 1.54) is 16.7 Å². The van der Waals surface area contributed by atoms with E-state index < -0.39 is 28.5 Å². The van der Waals surface area contributed by atoms with Gasteiger partial charge in [-0.2, -0.15) is 0 Å². The standard InChI is InChI=1S/C37H42BrN3O5S2/c1-5-27(3)39-37(43)35(24-28-10-8-7-9-11-28)40(25-29-12-14-30(38)15-13-29)36(42)26-41(31-16-18-32(19-17-31)46-6-2)48(44,45)34-22-20-33(47-4)21-23-34/h7-23,27,35H,5-6,24-26H2,1-4H3,(H,39,43)/t27-,35+/m0/s1. The second-order valence-electron chi connectivity index (χ2n) is 11.3. The number of amides is 2. The number of halogens is 1. The van der Waals surface area contributed by atoms with Crippen LogP contribution in [-0.4, -0.2) is 56.6 Å². The minimum Gasteiger partial charge on any atom is -0.494 e. The van der Waals surface area contributed by atoms with Gasteiger partial charge in [0.15, 0.2) is 0 Å². The third kappa shape index (κ3) is 9.87. The molecule has 0 saturated heterocycles. The first kappa shape index (κ1) is 37.0. The van der Waals surface area contributed by atoms with Crippen molar-refractivity contribution in [3.05, 3.63) is 119 Å². The molecule has 4 rings (SSSR count). The number of hydrogen-bond donors (Lipinski definition) is 1. The van der Waals surface area contributed by atoms with E-state index in [1.54, 1.807) is 48.5 Å². The minimum atomic E-state index is -4.21. The number of carbonyl (C=O) groups is 2. The van der Waals surface area contributed by atoms with Crippen molar-refractivity contribution in [3.63, 3.8) is 0 Å². The first-order valence-corrected chi connectivity index (χ1v) is 19.3. The van der Waals surface area contributed by atoms with Crippen LogP contribution in [-0.2, 0) is 32.6 Å². The van der Waals surface area contributed by atoms with Crippen molar-refractivity contribution in [2.24, 2.45) is 0 Å². The maximum absolute atomic E-state index is 14.6. The van der Waals surface area contributed by atoms with Gasteiger partial charge in [0, 0.05) is 28.4 Å². The largest absolute Gasteiger partial charge is 0.494 e. The summed E-state index contributed by atoms with van der Waals surface area (Å²) >= 11 is 4.97. The SMILES string of the molecule is CCOc1ccc(N(CC(=O)N(Cc2ccc(Br)cc2)[C@H](Cc2ccccc2)C(=O)N[C@@H](C)CC)S(=O)(=O)c2ccc(SC)cc2)cc1. The van der Waals surface area contributed by atoms with Gasteiger partial charge in [-0.15, -0.1) is 11.8 Å². The molecule has 0 unspecified atom stereocenters. The Bertz CT molecular complexity index is 1740. The van der Waals surface area contributed by atoms with Crippen LogP contribution in [0.2, 0.25) is 0 Å². The molecule has 1 N–H and O–H groups in total. The Balaban J connectivity index is 1.80. The third-order valence-corrected chi connectivity index (χ3v) is 11.0. The van der Waals surface area contributed by atoms with E-state index in [4.69, 9.17) is 4.74 Å². The molecule has 0 aliphatic heterocycles. The Morgan fingerprint density at radius 2 is 1.52 bits per heavy atom. The van der Waals surface area contributed by atoms with Crippen molar-refractivity contribution < 1.29 is 22.7 Å². The van der Waals surface area contributed by atoms with Gasteiger partial charge >= 0.3 is 0 Å². The fraction of sp³-hybridized carbons (Fsp3) is 0.297. The van der Waals surface area contributed by atoms with Crippen molar-refractivity contribution >= 4 is 55.2 Å². The van der Waals surface area contributed by atoms with Crippen LogP contribution in [0.1, 0.15) is 38.3 Å². The average Bonchev–Trinajstić information content (AvgIpc) is 3.10. The molecule has 254 valence electrons. The number of thioether (sulfide) groups is 1. The lowest BCUT2D eigenvalue weighted by atomic mass is 10.0. The highest BCUT2D eigenvalue weighted by Crippen LogP contribution is 2.28. The van der Waals surface area contributed by atoms with Gasteiger partial charge in [-0.1, -0.05) is 65.3 Å². The third-order valence-electron chi connectivity index (χ3n) is 7.90. The minimum absolute atomic E-state index is 0.0526. The number of nitrogens with zero attached hydrogens (tertiary/aromatic N) is 2. The number of sulfonamides is 1. The van der Waals surface area contributed by atoms with Crippen molar-refractivity contribution in [2.75, 3.05) is 23.7 Å². The monoisotopic (exact) mass is 751 g/mol. The molecule has 0 heterocycles. The first-order valence-electron chi connectivity index (χ1n) is 15.8. The lowest BCUT2D eigenvalue weighted by Crippen LogP contribution is -2.54. The highest BCUT2D eigenvalue weighted by Gasteiger charge is 2.35. The quantitative estimate of drug-likeness (QED) is 0.121. The summed E-state index contributed by atoms with van der Waals surface area (Å²) in [7, 11) is -4.21. The Hall–Kier alpha value is -3.80. The van der Waals surface area contributed by atoms with Crippen molar-refractivity contribution in [1.29, 1.82) is 0 Å². The zero-order chi connectivity index (χ0) is 34.7. The molecular formula is C37H42BrN3O5S2. The summed E-state index contributed by atoms with van der Waals surface area (Å²) in [4.78, 5) is 31.1. The molecule has 2 atom stereocenters. The number of carbonyl (C=O) groups excluding carboxylic acids is 2. The summed E-state index contributed by atoms with van der Waals surface area (Å²) in [6.07, 6.45) is 2.87. The van der Waals surface area contributed by atoms with Gasteiger partial charge in [-0.3, -0.25) is 13.9 Å². The Morgan fingerprint density at radius 1 is 0.875 bits per heavy atom. The summed E-state index contributed by atoms with van der Waals surface area (Å²) in [6, 6.07) is 29.2. The molecule has 0 aliphatic rings. The van der Waals surface area contributed by atoms with Crippen molar-refractivity contribution in [3.8, 4) is 5.75 Å². The molecule has 0 fully saturated rings. The molecule has 2 amide bonds. The molecule has 0 saturated carbocycles. The van der Waals surface area contributed by atoms with Crippen LogP contribution in [0.4, 0.5) is 5.69 Å². The lowest BCUT2D eigenvalue weighted by molar-refractivity contribution is -0.140. The molecule has 0 bridgehead atoms. The van der Waals surface area contributed by atoms with E-state index in [0.717, 1.165) is 24.8 Å². The normalized spacial score (nSPS) is 12.5. The van der Waals surface area contributed by atoms with Crippen molar-refractivity contribution in [1.82, 2.24) is 10.2 Å². The molecule has 0 radical (unpaired) electrons. The second kappa shape index (κ2) is 17.6. The van der Waals surface area contributed by atoms with Crippen molar-refractivity contribution in [2.45, 2.75) is 62.0 Å². The van der Waals surface area contributed by atoms with Crippen LogP contribution in [0, 0.1) is 0 Å². The van der Waals surface area contributed by atoms with E-state index in [9.17, 15) is 18.0 Å². The second-order valence-corrected chi connectivity index (χ2v) is 14.9. The molecule has 8 nitrogen and oxygen atoms in total. The van der Waals surface area contributed by atoms with Crippen LogP contribution < -0.4 is 14.4 Å². The maximum Gasteiger partial charge on any atom is 0.264 e. The molecule has 0 spiro atoms. The maximum atomic E-state index is 14.6. The molecule has 0 aliphatic carbocycles.